The van der Waals surface area contributed by atoms with E-state index < -0.39 is 30.5 Å². The predicted octanol–water partition coefficient (Wildman–Crippen LogP) is 0.353. The second-order valence-electron chi connectivity index (χ2n) is 6.16. The summed E-state index contributed by atoms with van der Waals surface area (Å²) in [5.74, 6) is -0.451. The van der Waals surface area contributed by atoms with Crippen LogP contribution >= 0.6 is 11.3 Å². The molecular weight excluding hydrogens is 378 g/mol. The van der Waals surface area contributed by atoms with E-state index in [0.29, 0.717) is 10.3 Å². The second-order valence-corrected chi connectivity index (χ2v) is 7.15. The number of hydrogen-bond donors (Lipinski definition) is 1. The minimum Gasteiger partial charge on any atom is -0.463 e. The van der Waals surface area contributed by atoms with Gasteiger partial charge in [-0.1, -0.05) is 11.3 Å². The Morgan fingerprint density at radius 1 is 1.48 bits per heavy atom. The summed E-state index contributed by atoms with van der Waals surface area (Å²) < 4.78 is 18.1. The van der Waals surface area contributed by atoms with Crippen molar-refractivity contribution in [2.45, 2.75) is 31.8 Å². The average molecular weight is 397 g/mol. The van der Waals surface area contributed by atoms with E-state index in [4.69, 9.17) is 19.9 Å². The zero-order valence-corrected chi connectivity index (χ0v) is 15.8. The van der Waals surface area contributed by atoms with Gasteiger partial charge >= 0.3 is 16.9 Å². The van der Waals surface area contributed by atoms with Crippen LogP contribution in [0.3, 0.4) is 0 Å². The van der Waals surface area contributed by atoms with Gasteiger partial charge in [-0.25, -0.2) is 9.78 Å². The quantitative estimate of drug-likeness (QED) is 0.724. The number of hydrogen-bond acceptors (Lipinski definition) is 10. The number of nitrogen functional groups attached to an aromatic ring is 1. The molecule has 3 heterocycles. The van der Waals surface area contributed by atoms with Gasteiger partial charge in [0.05, 0.1) is 17.0 Å². The molecule has 1 fully saturated rings. The Balaban J connectivity index is 1.95. The van der Waals surface area contributed by atoms with Crippen LogP contribution in [0, 0.1) is 0 Å². The molecule has 1 amide bonds. The fourth-order valence-corrected chi connectivity index (χ4v) is 3.49. The SMILES string of the molecule is CC(=O)OC[C@@H]1C[C@@H](OC(=O)N(C)C)[C@H](n2c(=O)sc3cnc(N)nc32)O1. The largest absolute Gasteiger partial charge is 0.463 e. The Kier molecular flexibility index (Phi) is 5.28. The maximum atomic E-state index is 12.5. The molecule has 146 valence electrons. The molecule has 0 unspecified atom stereocenters. The zero-order valence-electron chi connectivity index (χ0n) is 14.9. The van der Waals surface area contributed by atoms with Crippen LogP contribution in [-0.4, -0.2) is 64.4 Å². The number of ether oxygens (including phenoxy) is 3. The first kappa shape index (κ1) is 19.0. The number of thiazole rings is 1. The summed E-state index contributed by atoms with van der Waals surface area (Å²) in [4.78, 5) is 44.5. The fraction of sp³-hybridized carbons (Fsp3) is 0.533. The lowest BCUT2D eigenvalue weighted by atomic mass is 10.2. The molecule has 3 rings (SSSR count). The first-order valence-corrected chi connectivity index (χ1v) is 8.88. The van der Waals surface area contributed by atoms with Gasteiger partial charge in [0.1, 0.15) is 6.61 Å². The summed E-state index contributed by atoms with van der Waals surface area (Å²) >= 11 is 0.932. The van der Waals surface area contributed by atoms with Gasteiger partial charge < -0.3 is 24.8 Å². The number of rotatable bonds is 4. The van der Waals surface area contributed by atoms with E-state index >= 15 is 0 Å². The molecule has 11 nitrogen and oxygen atoms in total. The molecule has 2 aromatic rings. The van der Waals surface area contributed by atoms with Crippen LogP contribution in [0.15, 0.2) is 11.0 Å². The number of carbonyl (C=O) groups is 2. The van der Waals surface area contributed by atoms with Crippen LogP contribution in [0.5, 0.6) is 0 Å². The van der Waals surface area contributed by atoms with Crippen molar-refractivity contribution in [3.8, 4) is 0 Å². The van der Waals surface area contributed by atoms with Crippen LogP contribution in [0.2, 0.25) is 0 Å². The highest BCUT2D eigenvalue weighted by molar-refractivity contribution is 7.16. The zero-order chi connectivity index (χ0) is 19.7. The molecule has 1 saturated heterocycles. The molecule has 1 aliphatic heterocycles. The first-order chi connectivity index (χ1) is 12.8. The third-order valence-corrected chi connectivity index (χ3v) is 4.75. The molecule has 0 radical (unpaired) electrons. The van der Waals surface area contributed by atoms with Crippen molar-refractivity contribution < 1.29 is 23.8 Å². The molecule has 0 saturated carbocycles. The lowest BCUT2D eigenvalue weighted by Crippen LogP contribution is -2.34. The Bertz CT molecular complexity index is 925. The minimum absolute atomic E-state index is 0.00495. The van der Waals surface area contributed by atoms with Crippen LogP contribution in [0.4, 0.5) is 10.7 Å². The van der Waals surface area contributed by atoms with Crippen LogP contribution in [0.25, 0.3) is 10.3 Å². The third kappa shape index (κ3) is 4.01. The van der Waals surface area contributed by atoms with Gasteiger partial charge in [-0.2, -0.15) is 4.98 Å². The van der Waals surface area contributed by atoms with E-state index in [2.05, 4.69) is 9.97 Å². The number of carbonyl (C=O) groups excluding carboxylic acids is 2. The van der Waals surface area contributed by atoms with Gasteiger partial charge in [0.15, 0.2) is 18.0 Å². The Hall–Kier alpha value is -2.73. The number of nitrogens with two attached hydrogens (primary N) is 1. The number of amides is 1. The van der Waals surface area contributed by atoms with Crippen molar-refractivity contribution in [1.29, 1.82) is 0 Å². The van der Waals surface area contributed by atoms with E-state index in [-0.39, 0.29) is 23.8 Å². The summed E-state index contributed by atoms with van der Waals surface area (Å²) in [5, 5.41) is 0. The maximum absolute atomic E-state index is 12.5. The standard InChI is InChI=1S/C15H19N5O6S/c1-7(21)24-6-8-4-9(26-14(22)19(2)3)12(25-8)20-11-10(27-15(20)23)5-17-13(16)18-11/h5,8-9,12H,4,6H2,1-3H3,(H2,16,17,18)/t8-,9+,12+/m0/s1. The normalized spacial score (nSPS) is 22.0. The monoisotopic (exact) mass is 397 g/mol. The van der Waals surface area contributed by atoms with Crippen LogP contribution < -0.4 is 10.6 Å². The Labute approximate surface area is 157 Å². The van der Waals surface area contributed by atoms with Crippen molar-refractivity contribution in [3.05, 3.63) is 15.9 Å². The minimum atomic E-state index is -0.926. The van der Waals surface area contributed by atoms with E-state index in [0.717, 1.165) is 11.3 Å². The number of esters is 1. The summed E-state index contributed by atoms with van der Waals surface area (Å²) in [5.41, 5.74) is 5.93. The van der Waals surface area contributed by atoms with Crippen molar-refractivity contribution >= 4 is 39.7 Å². The van der Waals surface area contributed by atoms with Crippen LogP contribution in [0.1, 0.15) is 19.6 Å². The molecule has 0 bridgehead atoms. The highest BCUT2D eigenvalue weighted by atomic mass is 32.1. The van der Waals surface area contributed by atoms with Gasteiger partial charge in [0.2, 0.25) is 5.95 Å². The topological polar surface area (TPSA) is 139 Å². The Morgan fingerprint density at radius 2 is 2.22 bits per heavy atom. The first-order valence-electron chi connectivity index (χ1n) is 8.06. The van der Waals surface area contributed by atoms with Crippen LogP contribution in [-0.2, 0) is 19.0 Å². The van der Waals surface area contributed by atoms with E-state index in [1.165, 1.54) is 22.6 Å². The lowest BCUT2D eigenvalue weighted by Gasteiger charge is -2.21. The van der Waals surface area contributed by atoms with Crippen molar-refractivity contribution in [3.63, 3.8) is 0 Å². The summed E-state index contributed by atoms with van der Waals surface area (Å²) in [6.45, 7) is 1.27. The van der Waals surface area contributed by atoms with Gasteiger partial charge in [0, 0.05) is 27.4 Å². The number of fused-ring (bicyclic) bond motifs is 1. The van der Waals surface area contributed by atoms with Gasteiger partial charge in [-0.05, 0) is 0 Å². The smallest absolute Gasteiger partial charge is 0.409 e. The van der Waals surface area contributed by atoms with E-state index in [1.54, 1.807) is 14.1 Å². The van der Waals surface area contributed by atoms with Gasteiger partial charge in [-0.15, -0.1) is 0 Å². The lowest BCUT2D eigenvalue weighted by molar-refractivity contribution is -0.146. The summed E-state index contributed by atoms with van der Waals surface area (Å²) in [6.07, 6.45) is -1.12. The molecule has 3 atom stereocenters. The van der Waals surface area contributed by atoms with Gasteiger partial charge in [-0.3, -0.25) is 14.2 Å². The second kappa shape index (κ2) is 7.48. The molecule has 2 aromatic heterocycles. The van der Waals surface area contributed by atoms with Crippen molar-refractivity contribution in [2.24, 2.45) is 0 Å². The third-order valence-electron chi connectivity index (χ3n) is 3.87. The average Bonchev–Trinajstić information content (AvgIpc) is 3.12. The molecular formula is C15H19N5O6S. The highest BCUT2D eigenvalue weighted by Crippen LogP contribution is 2.33. The predicted molar refractivity (Wildman–Crippen MR) is 95.2 cm³/mol. The van der Waals surface area contributed by atoms with Crippen molar-refractivity contribution in [1.82, 2.24) is 19.4 Å². The van der Waals surface area contributed by atoms with E-state index in [1.807, 2.05) is 0 Å². The highest BCUT2D eigenvalue weighted by Gasteiger charge is 2.41. The molecule has 0 aromatic carbocycles. The summed E-state index contributed by atoms with van der Waals surface area (Å²) in [7, 11) is 3.09. The molecule has 1 aliphatic rings. The fourth-order valence-electron chi connectivity index (χ4n) is 2.68. The number of anilines is 1. The molecule has 0 spiro atoms. The molecule has 2 N–H and O–H groups in total. The number of aromatic nitrogens is 3. The van der Waals surface area contributed by atoms with Gasteiger partial charge in [0.25, 0.3) is 0 Å². The molecule has 0 aliphatic carbocycles. The van der Waals surface area contributed by atoms with Crippen molar-refractivity contribution in [2.75, 3.05) is 26.4 Å². The maximum Gasteiger partial charge on any atom is 0.409 e. The van der Waals surface area contributed by atoms with E-state index in [9.17, 15) is 14.4 Å². The Morgan fingerprint density at radius 3 is 2.89 bits per heavy atom. The summed E-state index contributed by atoms with van der Waals surface area (Å²) in [6, 6.07) is 0. The molecule has 27 heavy (non-hydrogen) atoms. The number of nitrogens with zero attached hydrogens (tertiary/aromatic N) is 4. The molecule has 12 heteroatoms.